The van der Waals surface area contributed by atoms with Gasteiger partial charge in [0.05, 0.1) is 7.11 Å². The maximum atomic E-state index is 13.9. The number of anilines is 4. The molecule has 10 nitrogen and oxygen atoms in total. The van der Waals surface area contributed by atoms with Crippen LogP contribution in [0, 0.1) is 0 Å². The van der Waals surface area contributed by atoms with E-state index in [1.54, 1.807) is 48.3 Å². The predicted octanol–water partition coefficient (Wildman–Crippen LogP) is 5.70. The highest BCUT2D eigenvalue weighted by atomic mass is 19.3. The Bertz CT molecular complexity index is 1570. The SMILES string of the molecule is CCN1CCCC1CNc1cc(-n2ccnc2Nc2cc(OC)cc(C(=O)N(C)c3cccc(C(C)(F)F)c3)c2)ncn1. The molecule has 1 unspecified atom stereocenters. The van der Waals surface area contributed by atoms with Crippen LogP contribution in [0.15, 0.2) is 67.3 Å². The van der Waals surface area contributed by atoms with E-state index in [2.05, 4.69) is 37.4 Å². The molecule has 4 aromatic rings. The number of methoxy groups -OCH3 is 1. The van der Waals surface area contributed by atoms with Crippen molar-refractivity contribution in [3.05, 3.63) is 78.4 Å². The fourth-order valence-electron chi connectivity index (χ4n) is 5.26. The quantitative estimate of drug-likeness (QED) is 0.230. The highest BCUT2D eigenvalue weighted by Crippen LogP contribution is 2.31. The maximum Gasteiger partial charge on any atom is 0.270 e. The van der Waals surface area contributed by atoms with Crippen molar-refractivity contribution in [2.24, 2.45) is 0 Å². The fraction of sp³-hybridized carbons (Fsp3) is 0.355. The van der Waals surface area contributed by atoms with Gasteiger partial charge in [0.15, 0.2) is 0 Å². The summed E-state index contributed by atoms with van der Waals surface area (Å²) >= 11 is 0. The second kappa shape index (κ2) is 12.7. The third-order valence-electron chi connectivity index (χ3n) is 7.65. The van der Waals surface area contributed by atoms with Crippen LogP contribution in [0.5, 0.6) is 5.75 Å². The third kappa shape index (κ3) is 6.91. The molecule has 0 bridgehead atoms. The summed E-state index contributed by atoms with van der Waals surface area (Å²) < 4.78 is 35.1. The number of carbonyl (C=O) groups excluding carboxylic acids is 1. The van der Waals surface area contributed by atoms with Gasteiger partial charge in [0, 0.05) is 73.6 Å². The van der Waals surface area contributed by atoms with E-state index in [1.165, 1.54) is 43.0 Å². The number of aromatic nitrogens is 4. The van der Waals surface area contributed by atoms with Gasteiger partial charge in [-0.05, 0) is 50.2 Å². The molecule has 1 amide bonds. The zero-order valence-corrected chi connectivity index (χ0v) is 24.7. The average molecular weight is 591 g/mol. The number of likely N-dealkylation sites (N-methyl/N-ethyl adjacent to an activating group) is 1. The van der Waals surface area contributed by atoms with Crippen LogP contribution in [-0.4, -0.2) is 70.2 Å². The Balaban J connectivity index is 1.35. The molecule has 226 valence electrons. The zero-order chi connectivity index (χ0) is 30.6. The smallest absolute Gasteiger partial charge is 0.270 e. The minimum absolute atomic E-state index is 0.172. The van der Waals surface area contributed by atoms with E-state index < -0.39 is 11.8 Å². The number of halogens is 2. The van der Waals surface area contributed by atoms with Gasteiger partial charge < -0.3 is 20.3 Å². The highest BCUT2D eigenvalue weighted by Gasteiger charge is 2.26. The summed E-state index contributed by atoms with van der Waals surface area (Å²) in [5, 5.41) is 6.70. The Labute approximate surface area is 249 Å². The van der Waals surface area contributed by atoms with Crippen LogP contribution in [0.1, 0.15) is 42.6 Å². The van der Waals surface area contributed by atoms with E-state index in [9.17, 15) is 13.6 Å². The number of alkyl halides is 2. The largest absolute Gasteiger partial charge is 0.497 e. The van der Waals surface area contributed by atoms with Gasteiger partial charge in [-0.15, -0.1) is 0 Å². The van der Waals surface area contributed by atoms with Crippen LogP contribution in [0.3, 0.4) is 0 Å². The van der Waals surface area contributed by atoms with Crippen LogP contribution in [0.2, 0.25) is 0 Å². The summed E-state index contributed by atoms with van der Waals surface area (Å²) in [6.45, 7) is 5.97. The van der Waals surface area contributed by atoms with Crippen LogP contribution in [0.4, 0.5) is 31.9 Å². The zero-order valence-electron chi connectivity index (χ0n) is 24.7. The lowest BCUT2D eigenvalue weighted by Crippen LogP contribution is -2.34. The maximum absolute atomic E-state index is 13.9. The fourth-order valence-corrected chi connectivity index (χ4v) is 5.26. The van der Waals surface area contributed by atoms with Crippen molar-refractivity contribution >= 4 is 29.0 Å². The normalized spacial score (nSPS) is 15.3. The van der Waals surface area contributed by atoms with Crippen molar-refractivity contribution in [2.75, 3.05) is 49.3 Å². The molecule has 2 aromatic carbocycles. The summed E-state index contributed by atoms with van der Waals surface area (Å²) in [5.74, 6) is -1.18. The summed E-state index contributed by atoms with van der Waals surface area (Å²) in [6.07, 6.45) is 7.30. The lowest BCUT2D eigenvalue weighted by molar-refractivity contribution is 0.0175. The van der Waals surface area contributed by atoms with Crippen LogP contribution < -0.4 is 20.3 Å². The van der Waals surface area contributed by atoms with Gasteiger partial charge in [-0.25, -0.2) is 23.7 Å². The molecule has 43 heavy (non-hydrogen) atoms. The molecule has 0 aliphatic carbocycles. The van der Waals surface area contributed by atoms with E-state index in [0.29, 0.717) is 40.5 Å². The van der Waals surface area contributed by atoms with E-state index in [4.69, 9.17) is 4.74 Å². The number of benzene rings is 2. The number of rotatable bonds is 11. The first-order valence-electron chi connectivity index (χ1n) is 14.2. The molecule has 2 aromatic heterocycles. The minimum atomic E-state index is -3.03. The molecule has 3 heterocycles. The molecule has 0 radical (unpaired) electrons. The molecular formula is C31H36F2N8O2. The number of carbonyl (C=O) groups is 1. The number of ether oxygens (including phenoxy) is 1. The van der Waals surface area contributed by atoms with Gasteiger partial charge in [-0.1, -0.05) is 19.1 Å². The number of hydrogen-bond acceptors (Lipinski definition) is 8. The number of hydrogen-bond donors (Lipinski definition) is 2. The topological polar surface area (TPSA) is 100 Å². The van der Waals surface area contributed by atoms with Gasteiger partial charge in [-0.3, -0.25) is 14.3 Å². The summed E-state index contributed by atoms with van der Waals surface area (Å²) in [4.78, 5) is 30.5. The molecule has 1 saturated heterocycles. The molecule has 1 fully saturated rings. The second-order valence-corrected chi connectivity index (χ2v) is 10.6. The van der Waals surface area contributed by atoms with Gasteiger partial charge >= 0.3 is 0 Å². The molecule has 1 aliphatic rings. The van der Waals surface area contributed by atoms with Gasteiger partial charge in [0.25, 0.3) is 11.8 Å². The van der Waals surface area contributed by atoms with Crippen LogP contribution in [0.25, 0.3) is 5.82 Å². The van der Waals surface area contributed by atoms with E-state index in [1.807, 2.05) is 6.07 Å². The number of nitrogens with zero attached hydrogens (tertiary/aromatic N) is 6. The van der Waals surface area contributed by atoms with E-state index >= 15 is 0 Å². The van der Waals surface area contributed by atoms with E-state index in [-0.39, 0.29) is 5.56 Å². The Morgan fingerprint density at radius 3 is 2.77 bits per heavy atom. The Kier molecular flexibility index (Phi) is 8.86. The van der Waals surface area contributed by atoms with Crippen molar-refractivity contribution in [1.29, 1.82) is 0 Å². The lowest BCUT2D eigenvalue weighted by Gasteiger charge is -2.23. The minimum Gasteiger partial charge on any atom is -0.497 e. The first kappa shape index (κ1) is 29.9. The molecule has 1 atom stereocenters. The van der Waals surface area contributed by atoms with Crippen LogP contribution in [-0.2, 0) is 5.92 Å². The number of amides is 1. The number of likely N-dealkylation sites (tertiary alicyclic amines) is 1. The highest BCUT2D eigenvalue weighted by molar-refractivity contribution is 6.06. The van der Waals surface area contributed by atoms with Crippen molar-refractivity contribution in [2.45, 2.75) is 38.7 Å². The predicted molar refractivity (Wildman–Crippen MR) is 163 cm³/mol. The Morgan fingerprint density at radius 1 is 1.16 bits per heavy atom. The van der Waals surface area contributed by atoms with Crippen molar-refractivity contribution < 1.29 is 18.3 Å². The molecule has 5 rings (SSSR count). The molecule has 1 aliphatic heterocycles. The molecule has 12 heteroatoms. The number of imidazole rings is 1. The standard InChI is InChI=1S/C31H36F2N8O2/c1-5-40-12-7-10-25(40)19-35-27-18-28(37-20-36-27)41-13-11-34-30(41)38-23-14-21(15-26(17-23)43-4)29(42)39(3)24-9-6-8-22(16-24)31(2,32)33/h6,8-9,11,13-18,20,25H,5,7,10,12,19H2,1-4H3,(H,34,38)(H,35,36,37). The average Bonchev–Trinajstić information content (AvgIpc) is 3.68. The van der Waals surface area contributed by atoms with E-state index in [0.717, 1.165) is 38.8 Å². The summed E-state index contributed by atoms with van der Waals surface area (Å²) in [7, 11) is 3.05. The molecule has 2 N–H and O–H groups in total. The van der Waals surface area contributed by atoms with Crippen molar-refractivity contribution in [3.63, 3.8) is 0 Å². The van der Waals surface area contributed by atoms with Crippen LogP contribution >= 0.6 is 0 Å². The molecule has 0 saturated carbocycles. The van der Waals surface area contributed by atoms with Gasteiger partial charge in [0.1, 0.15) is 23.7 Å². The molecular weight excluding hydrogens is 554 g/mol. The summed E-state index contributed by atoms with van der Waals surface area (Å²) in [5.41, 5.74) is 1.03. The first-order chi connectivity index (χ1) is 20.7. The van der Waals surface area contributed by atoms with Crippen molar-refractivity contribution in [1.82, 2.24) is 24.4 Å². The first-order valence-corrected chi connectivity index (χ1v) is 14.2. The van der Waals surface area contributed by atoms with Gasteiger partial charge in [0.2, 0.25) is 5.95 Å². The monoisotopic (exact) mass is 590 g/mol. The van der Waals surface area contributed by atoms with Crippen molar-refractivity contribution in [3.8, 4) is 11.6 Å². The number of nitrogens with one attached hydrogen (secondary N) is 2. The molecule has 0 spiro atoms. The third-order valence-corrected chi connectivity index (χ3v) is 7.65. The lowest BCUT2D eigenvalue weighted by atomic mass is 10.1. The Morgan fingerprint density at radius 2 is 2.00 bits per heavy atom. The second-order valence-electron chi connectivity index (χ2n) is 10.6. The van der Waals surface area contributed by atoms with Gasteiger partial charge in [-0.2, -0.15) is 0 Å². The summed E-state index contributed by atoms with van der Waals surface area (Å²) in [6, 6.07) is 13.1. The Hall–Kier alpha value is -4.58.